The maximum absolute atomic E-state index is 12.6. The van der Waals surface area contributed by atoms with E-state index in [1.54, 1.807) is 6.92 Å². The molecule has 0 saturated carbocycles. The monoisotopic (exact) mass is 285 g/mol. The highest BCUT2D eigenvalue weighted by atomic mass is 32.2. The van der Waals surface area contributed by atoms with Gasteiger partial charge in [0.2, 0.25) is 0 Å². The van der Waals surface area contributed by atoms with Crippen LogP contribution in [0.25, 0.3) is 0 Å². The summed E-state index contributed by atoms with van der Waals surface area (Å²) >= 11 is -1.65. The van der Waals surface area contributed by atoms with Gasteiger partial charge >= 0.3 is 17.4 Å². The van der Waals surface area contributed by atoms with Crippen molar-refractivity contribution in [2.75, 3.05) is 0 Å². The van der Waals surface area contributed by atoms with Crippen LogP contribution in [0.15, 0.2) is 9.78 Å². The van der Waals surface area contributed by atoms with E-state index in [9.17, 15) is 22.2 Å². The standard InChI is InChI=1S/C8H6F3NO3S2/c1-2-6-7(15-17(14)12-4-13)5(3-16-6)8(9,10)11/h3H,2H2,1H3. The number of rotatable bonds is 4. The first kappa shape index (κ1) is 13.9. The molecule has 17 heavy (non-hydrogen) atoms. The lowest BCUT2D eigenvalue weighted by molar-refractivity contribution is -0.138. The molecule has 0 fully saturated rings. The number of hydrogen-bond donors (Lipinski definition) is 0. The zero-order chi connectivity index (χ0) is 13.1. The molecule has 0 aliphatic rings. The number of nitrogens with zero attached hydrogens (tertiary/aromatic N) is 1. The van der Waals surface area contributed by atoms with Gasteiger partial charge in [0.15, 0.2) is 5.75 Å². The molecule has 0 aliphatic heterocycles. The van der Waals surface area contributed by atoms with E-state index in [1.165, 1.54) is 0 Å². The van der Waals surface area contributed by atoms with Crippen LogP contribution in [-0.2, 0) is 28.7 Å². The number of thiophene rings is 1. The first-order valence-corrected chi connectivity index (χ1v) is 6.17. The van der Waals surface area contributed by atoms with Crippen molar-refractivity contribution >= 4 is 28.7 Å². The second-order valence-corrected chi connectivity index (χ2v) is 4.48. The molecule has 0 amide bonds. The molecule has 0 spiro atoms. The molecule has 9 heteroatoms. The van der Waals surface area contributed by atoms with Gasteiger partial charge in [0, 0.05) is 10.3 Å². The third-order valence-corrected chi connectivity index (χ3v) is 3.35. The lowest BCUT2D eigenvalue weighted by Gasteiger charge is -2.07. The molecule has 0 saturated heterocycles. The maximum atomic E-state index is 12.6. The predicted molar refractivity (Wildman–Crippen MR) is 55.6 cm³/mol. The highest BCUT2D eigenvalue weighted by Gasteiger charge is 2.37. The Hall–Kier alpha value is -1.18. The first-order valence-electron chi connectivity index (χ1n) is 4.25. The molecular weight excluding hydrogens is 279 g/mol. The Morgan fingerprint density at radius 3 is 2.71 bits per heavy atom. The van der Waals surface area contributed by atoms with Crippen molar-refractivity contribution in [3.05, 3.63) is 15.8 Å². The molecule has 1 atom stereocenters. The van der Waals surface area contributed by atoms with Crippen LogP contribution in [0.2, 0.25) is 0 Å². The van der Waals surface area contributed by atoms with Crippen LogP contribution in [0.3, 0.4) is 0 Å². The van der Waals surface area contributed by atoms with Crippen LogP contribution in [0, 0.1) is 0 Å². The average Bonchev–Trinajstić information content (AvgIpc) is 2.60. The van der Waals surface area contributed by atoms with Crippen molar-refractivity contribution in [3.63, 3.8) is 0 Å². The Bertz CT molecular complexity index is 477. The number of isocyanates is 1. The molecule has 1 aromatic heterocycles. The lowest BCUT2D eigenvalue weighted by atomic mass is 10.2. The Morgan fingerprint density at radius 2 is 2.24 bits per heavy atom. The quantitative estimate of drug-likeness (QED) is 0.631. The number of carbonyl (C=O) groups excluding carboxylic acids is 1. The van der Waals surface area contributed by atoms with Gasteiger partial charge in [-0.15, -0.1) is 11.3 Å². The van der Waals surface area contributed by atoms with E-state index in [-0.39, 0.29) is 11.3 Å². The summed E-state index contributed by atoms with van der Waals surface area (Å²) in [7, 11) is 0. The SMILES string of the molecule is CCc1scc(C(F)(F)F)c1OS(=O)N=C=O. The van der Waals surface area contributed by atoms with E-state index in [0.717, 1.165) is 22.8 Å². The summed E-state index contributed by atoms with van der Waals surface area (Å²) in [5, 5.41) is 0.871. The molecule has 1 aromatic rings. The van der Waals surface area contributed by atoms with Crippen LogP contribution >= 0.6 is 11.3 Å². The summed E-state index contributed by atoms with van der Waals surface area (Å²) in [6, 6.07) is 0. The highest BCUT2D eigenvalue weighted by Crippen LogP contribution is 2.42. The number of hydrogen-bond acceptors (Lipinski definition) is 4. The zero-order valence-corrected chi connectivity index (χ0v) is 10.0. The minimum absolute atomic E-state index is 0.284. The van der Waals surface area contributed by atoms with E-state index in [2.05, 4.69) is 8.58 Å². The molecule has 1 heterocycles. The molecule has 0 N–H and O–H groups in total. The fourth-order valence-corrected chi connectivity index (χ4v) is 2.45. The van der Waals surface area contributed by atoms with Gasteiger partial charge in [0.05, 0.1) is 0 Å². The van der Waals surface area contributed by atoms with Crippen molar-refractivity contribution in [3.8, 4) is 5.75 Å². The Morgan fingerprint density at radius 1 is 1.59 bits per heavy atom. The average molecular weight is 285 g/mol. The molecule has 0 aromatic carbocycles. The van der Waals surface area contributed by atoms with Crippen LogP contribution in [-0.4, -0.2) is 10.3 Å². The third-order valence-electron chi connectivity index (χ3n) is 1.71. The second kappa shape index (κ2) is 5.44. The fourth-order valence-electron chi connectivity index (χ4n) is 1.04. The smallest absolute Gasteiger partial charge is 0.381 e. The predicted octanol–water partition coefficient (Wildman–Crippen LogP) is 2.62. The van der Waals surface area contributed by atoms with Crippen molar-refractivity contribution in [2.45, 2.75) is 19.5 Å². The Kier molecular flexibility index (Phi) is 4.44. The number of alkyl halides is 3. The van der Waals surface area contributed by atoms with Gasteiger partial charge in [0.1, 0.15) is 5.56 Å². The minimum Gasteiger partial charge on any atom is -0.381 e. The number of halogens is 3. The van der Waals surface area contributed by atoms with Gasteiger partial charge in [0.25, 0.3) is 6.08 Å². The Balaban J connectivity index is 3.14. The van der Waals surface area contributed by atoms with Crippen LogP contribution in [0.4, 0.5) is 13.2 Å². The van der Waals surface area contributed by atoms with Crippen LogP contribution in [0.5, 0.6) is 5.75 Å². The molecule has 1 unspecified atom stereocenters. The van der Waals surface area contributed by atoms with Crippen molar-refractivity contribution in [1.29, 1.82) is 0 Å². The molecule has 1 rings (SSSR count). The van der Waals surface area contributed by atoms with Gasteiger partial charge in [-0.3, -0.25) is 0 Å². The molecule has 94 valence electrons. The van der Waals surface area contributed by atoms with Gasteiger partial charge in [-0.25, -0.2) is 4.79 Å². The van der Waals surface area contributed by atoms with Gasteiger partial charge < -0.3 is 4.18 Å². The van der Waals surface area contributed by atoms with Gasteiger partial charge in [-0.1, -0.05) is 11.3 Å². The normalized spacial score (nSPS) is 12.9. The van der Waals surface area contributed by atoms with Gasteiger partial charge in [-0.2, -0.15) is 17.4 Å². The molecular formula is C8H6F3NO3S2. The highest BCUT2D eigenvalue weighted by molar-refractivity contribution is 7.79. The molecule has 0 bridgehead atoms. The first-order chi connectivity index (χ1) is 7.90. The largest absolute Gasteiger partial charge is 0.420 e. The minimum atomic E-state index is -4.60. The molecule has 0 radical (unpaired) electrons. The molecule has 4 nitrogen and oxygen atoms in total. The lowest BCUT2D eigenvalue weighted by Crippen LogP contribution is -2.08. The van der Waals surface area contributed by atoms with E-state index in [4.69, 9.17) is 0 Å². The van der Waals surface area contributed by atoms with Crippen molar-refractivity contribution in [2.24, 2.45) is 4.40 Å². The summed E-state index contributed by atoms with van der Waals surface area (Å²) in [5.74, 6) is -0.540. The fraction of sp³-hybridized carbons (Fsp3) is 0.375. The topological polar surface area (TPSA) is 55.7 Å². The van der Waals surface area contributed by atoms with E-state index in [0.29, 0.717) is 0 Å². The van der Waals surface area contributed by atoms with Crippen LogP contribution in [0.1, 0.15) is 17.4 Å². The van der Waals surface area contributed by atoms with Crippen molar-refractivity contribution < 1.29 is 26.4 Å². The Labute approximate surface area is 101 Å². The summed E-state index contributed by atoms with van der Waals surface area (Å²) in [6.45, 7) is 1.63. The summed E-state index contributed by atoms with van der Waals surface area (Å²) in [6.07, 6.45) is -3.37. The third kappa shape index (κ3) is 3.39. The zero-order valence-electron chi connectivity index (χ0n) is 8.41. The van der Waals surface area contributed by atoms with E-state index >= 15 is 0 Å². The van der Waals surface area contributed by atoms with E-state index in [1.807, 2.05) is 0 Å². The second-order valence-electron chi connectivity index (χ2n) is 2.74. The van der Waals surface area contributed by atoms with Crippen molar-refractivity contribution in [1.82, 2.24) is 0 Å². The molecule has 0 aliphatic carbocycles. The maximum Gasteiger partial charge on any atom is 0.420 e. The number of aryl methyl sites for hydroxylation is 1. The summed E-state index contributed by atoms with van der Waals surface area (Å²) in [5.41, 5.74) is -1.02. The van der Waals surface area contributed by atoms with Gasteiger partial charge in [-0.05, 0) is 6.42 Å². The van der Waals surface area contributed by atoms with E-state index < -0.39 is 28.8 Å². The van der Waals surface area contributed by atoms with Crippen LogP contribution < -0.4 is 4.18 Å². The summed E-state index contributed by atoms with van der Waals surface area (Å²) in [4.78, 5) is 10.1. The summed E-state index contributed by atoms with van der Waals surface area (Å²) < 4.78 is 55.8.